The molecule has 0 spiro atoms. The standard InChI is InChI=1S/C18H27N3O2/c1-15(22)12-19-8-10-20(11-9-19)14-18(23)21-7-6-16-4-2-3-5-17(16)13-21/h2-5,15,22H,6-14H2,1H3/t15-/m0/s1. The first kappa shape index (κ1) is 16.4. The maximum Gasteiger partial charge on any atom is 0.237 e. The average Bonchev–Trinajstić information content (AvgIpc) is 2.55. The summed E-state index contributed by atoms with van der Waals surface area (Å²) in [5.74, 6) is 0.239. The van der Waals surface area contributed by atoms with Crippen molar-refractivity contribution in [3.8, 4) is 0 Å². The number of piperazine rings is 1. The number of β-amino-alcohol motifs (C(OH)–C–C–N with tert-alkyl or cyclic N) is 1. The Bertz CT molecular complexity index is 539. The minimum Gasteiger partial charge on any atom is -0.392 e. The molecule has 0 aliphatic carbocycles. The molecule has 1 aromatic carbocycles. The molecule has 1 fully saturated rings. The number of hydrogen-bond acceptors (Lipinski definition) is 4. The van der Waals surface area contributed by atoms with Crippen molar-refractivity contribution in [2.45, 2.75) is 26.0 Å². The lowest BCUT2D eigenvalue weighted by Gasteiger charge is -2.36. The van der Waals surface area contributed by atoms with Crippen molar-refractivity contribution < 1.29 is 9.90 Å². The van der Waals surface area contributed by atoms with Gasteiger partial charge in [0.15, 0.2) is 0 Å². The molecule has 1 saturated heterocycles. The summed E-state index contributed by atoms with van der Waals surface area (Å²) < 4.78 is 0. The average molecular weight is 317 g/mol. The van der Waals surface area contributed by atoms with Gasteiger partial charge >= 0.3 is 0 Å². The van der Waals surface area contributed by atoms with Gasteiger partial charge in [0.05, 0.1) is 12.6 Å². The van der Waals surface area contributed by atoms with E-state index in [1.165, 1.54) is 11.1 Å². The molecular formula is C18H27N3O2. The van der Waals surface area contributed by atoms with Crippen LogP contribution >= 0.6 is 0 Å². The second kappa shape index (κ2) is 7.43. The zero-order valence-electron chi connectivity index (χ0n) is 13.9. The van der Waals surface area contributed by atoms with Gasteiger partial charge in [-0.1, -0.05) is 24.3 Å². The lowest BCUT2D eigenvalue weighted by molar-refractivity contribution is -0.133. The lowest BCUT2D eigenvalue weighted by Crippen LogP contribution is -2.51. The largest absolute Gasteiger partial charge is 0.392 e. The van der Waals surface area contributed by atoms with E-state index in [4.69, 9.17) is 0 Å². The quantitative estimate of drug-likeness (QED) is 0.882. The molecular weight excluding hydrogens is 290 g/mol. The molecule has 23 heavy (non-hydrogen) atoms. The zero-order valence-corrected chi connectivity index (χ0v) is 13.9. The molecule has 5 nitrogen and oxygen atoms in total. The number of fused-ring (bicyclic) bond motifs is 1. The van der Waals surface area contributed by atoms with Gasteiger partial charge in [0, 0.05) is 45.8 Å². The van der Waals surface area contributed by atoms with E-state index in [-0.39, 0.29) is 12.0 Å². The Kier molecular flexibility index (Phi) is 5.30. The van der Waals surface area contributed by atoms with Gasteiger partial charge in [-0.05, 0) is 24.5 Å². The molecule has 1 atom stereocenters. The van der Waals surface area contributed by atoms with Gasteiger partial charge in [0.25, 0.3) is 0 Å². The van der Waals surface area contributed by atoms with E-state index in [0.717, 1.165) is 52.2 Å². The summed E-state index contributed by atoms with van der Waals surface area (Å²) in [6, 6.07) is 8.42. The molecule has 0 aromatic heterocycles. The molecule has 5 heteroatoms. The number of carbonyl (C=O) groups is 1. The van der Waals surface area contributed by atoms with Crippen LogP contribution in [0, 0.1) is 0 Å². The first-order valence-electron chi connectivity index (χ1n) is 8.59. The normalized spacial score (nSPS) is 21.0. The highest BCUT2D eigenvalue weighted by molar-refractivity contribution is 5.78. The van der Waals surface area contributed by atoms with Gasteiger partial charge in [-0.15, -0.1) is 0 Å². The van der Waals surface area contributed by atoms with Gasteiger partial charge in [0.1, 0.15) is 0 Å². The molecule has 2 aliphatic heterocycles. The predicted octanol–water partition coefficient (Wildman–Crippen LogP) is 0.570. The minimum atomic E-state index is -0.281. The summed E-state index contributed by atoms with van der Waals surface area (Å²) in [6.45, 7) is 8.32. The Labute approximate surface area is 138 Å². The molecule has 2 heterocycles. The van der Waals surface area contributed by atoms with Crippen molar-refractivity contribution in [1.82, 2.24) is 14.7 Å². The highest BCUT2D eigenvalue weighted by Crippen LogP contribution is 2.18. The molecule has 3 rings (SSSR count). The molecule has 1 aromatic rings. The fraction of sp³-hybridized carbons (Fsp3) is 0.611. The van der Waals surface area contributed by atoms with Crippen LogP contribution in [0.1, 0.15) is 18.1 Å². The molecule has 126 valence electrons. The topological polar surface area (TPSA) is 47.0 Å². The molecule has 0 bridgehead atoms. The molecule has 0 unspecified atom stereocenters. The van der Waals surface area contributed by atoms with Crippen molar-refractivity contribution in [2.24, 2.45) is 0 Å². The van der Waals surface area contributed by atoms with Crippen molar-refractivity contribution in [3.63, 3.8) is 0 Å². The summed E-state index contributed by atoms with van der Waals surface area (Å²) in [5.41, 5.74) is 2.66. The van der Waals surface area contributed by atoms with Crippen LogP contribution in [-0.4, -0.2) is 77.6 Å². The molecule has 2 aliphatic rings. The number of hydrogen-bond donors (Lipinski definition) is 1. The van der Waals surface area contributed by atoms with E-state index in [1.54, 1.807) is 0 Å². The summed E-state index contributed by atoms with van der Waals surface area (Å²) in [7, 11) is 0. The van der Waals surface area contributed by atoms with E-state index in [0.29, 0.717) is 6.54 Å². The van der Waals surface area contributed by atoms with Crippen molar-refractivity contribution in [2.75, 3.05) is 45.8 Å². The van der Waals surface area contributed by atoms with Crippen molar-refractivity contribution in [3.05, 3.63) is 35.4 Å². The fourth-order valence-electron chi connectivity index (χ4n) is 3.50. The van der Waals surface area contributed by atoms with Gasteiger partial charge in [-0.3, -0.25) is 14.6 Å². The maximum atomic E-state index is 12.6. The van der Waals surface area contributed by atoms with E-state index in [9.17, 15) is 9.90 Å². The molecule has 0 saturated carbocycles. The van der Waals surface area contributed by atoms with Crippen LogP contribution in [0.4, 0.5) is 0 Å². The lowest BCUT2D eigenvalue weighted by atomic mass is 10.00. The van der Waals surface area contributed by atoms with Crippen LogP contribution in [0.2, 0.25) is 0 Å². The molecule has 1 N–H and O–H groups in total. The number of rotatable bonds is 4. The maximum absolute atomic E-state index is 12.6. The monoisotopic (exact) mass is 317 g/mol. The minimum absolute atomic E-state index is 0.239. The van der Waals surface area contributed by atoms with Crippen LogP contribution in [0.15, 0.2) is 24.3 Å². The molecule has 0 radical (unpaired) electrons. The van der Waals surface area contributed by atoms with Gasteiger partial charge in [0.2, 0.25) is 5.91 Å². The Morgan fingerprint density at radius 2 is 1.74 bits per heavy atom. The first-order chi connectivity index (χ1) is 11.1. The molecule has 1 amide bonds. The van der Waals surface area contributed by atoms with Crippen LogP contribution in [0.5, 0.6) is 0 Å². The number of nitrogens with zero attached hydrogens (tertiary/aromatic N) is 3. The summed E-state index contributed by atoms with van der Waals surface area (Å²) in [6.07, 6.45) is 0.681. The first-order valence-corrected chi connectivity index (χ1v) is 8.59. The third kappa shape index (κ3) is 4.31. The summed E-state index contributed by atoms with van der Waals surface area (Å²) in [5, 5.41) is 9.45. The Hall–Kier alpha value is -1.43. The Balaban J connectivity index is 1.47. The second-order valence-electron chi connectivity index (χ2n) is 6.76. The van der Waals surface area contributed by atoms with Gasteiger partial charge in [-0.2, -0.15) is 0 Å². The summed E-state index contributed by atoms with van der Waals surface area (Å²) >= 11 is 0. The zero-order chi connectivity index (χ0) is 16.2. The van der Waals surface area contributed by atoms with Gasteiger partial charge < -0.3 is 10.0 Å². The SMILES string of the molecule is C[C@H](O)CN1CCN(CC(=O)N2CCc3ccccc3C2)CC1. The number of aliphatic hydroxyl groups is 1. The number of amides is 1. The van der Waals surface area contributed by atoms with E-state index in [2.05, 4.69) is 28.0 Å². The fourth-order valence-corrected chi connectivity index (χ4v) is 3.50. The number of carbonyl (C=O) groups excluding carboxylic acids is 1. The predicted molar refractivity (Wildman–Crippen MR) is 90.1 cm³/mol. The number of benzene rings is 1. The van der Waals surface area contributed by atoms with Gasteiger partial charge in [-0.25, -0.2) is 0 Å². The van der Waals surface area contributed by atoms with Crippen LogP contribution in [0.25, 0.3) is 0 Å². The van der Waals surface area contributed by atoms with E-state index >= 15 is 0 Å². The highest BCUT2D eigenvalue weighted by Gasteiger charge is 2.24. The van der Waals surface area contributed by atoms with Crippen LogP contribution in [0.3, 0.4) is 0 Å². The summed E-state index contributed by atoms with van der Waals surface area (Å²) in [4.78, 5) is 19.1. The Morgan fingerprint density at radius 3 is 2.43 bits per heavy atom. The van der Waals surface area contributed by atoms with E-state index in [1.807, 2.05) is 17.9 Å². The van der Waals surface area contributed by atoms with Crippen LogP contribution in [-0.2, 0) is 17.8 Å². The van der Waals surface area contributed by atoms with Crippen molar-refractivity contribution in [1.29, 1.82) is 0 Å². The second-order valence-corrected chi connectivity index (χ2v) is 6.76. The van der Waals surface area contributed by atoms with E-state index < -0.39 is 0 Å². The number of aliphatic hydroxyl groups excluding tert-OH is 1. The third-order valence-electron chi connectivity index (χ3n) is 4.83. The highest BCUT2D eigenvalue weighted by atomic mass is 16.3. The smallest absolute Gasteiger partial charge is 0.237 e. The van der Waals surface area contributed by atoms with Crippen molar-refractivity contribution >= 4 is 5.91 Å². The Morgan fingerprint density at radius 1 is 1.09 bits per heavy atom. The third-order valence-corrected chi connectivity index (χ3v) is 4.83. The van der Waals surface area contributed by atoms with Crippen LogP contribution < -0.4 is 0 Å².